The van der Waals surface area contributed by atoms with Crippen LogP contribution < -0.4 is 9.05 Å². The van der Waals surface area contributed by atoms with Crippen molar-refractivity contribution in [3.63, 3.8) is 0 Å². The van der Waals surface area contributed by atoms with E-state index in [4.69, 9.17) is 13.6 Å². The van der Waals surface area contributed by atoms with Crippen molar-refractivity contribution in [3.05, 3.63) is 132 Å². The molecule has 0 bridgehead atoms. The number of allylic oxidation sites excluding steroid dienone is 1. The molecule has 0 radical (unpaired) electrons. The van der Waals surface area contributed by atoms with Crippen molar-refractivity contribution in [1.29, 1.82) is 0 Å². The molecule has 0 heterocycles. The fourth-order valence-electron chi connectivity index (χ4n) is 3.40. The minimum absolute atomic E-state index is 0.391. The van der Waals surface area contributed by atoms with Gasteiger partial charge in [-0.3, -0.25) is 0 Å². The summed E-state index contributed by atoms with van der Waals surface area (Å²) in [5.74, 6) is 1.24. The van der Waals surface area contributed by atoms with Gasteiger partial charge >= 0.3 is 7.82 Å². The number of benzene rings is 4. The lowest BCUT2D eigenvalue weighted by Crippen LogP contribution is -2.06. The minimum Gasteiger partial charge on any atom is -0.386 e. The first-order valence-electron chi connectivity index (χ1n) is 10.8. The number of phosphoric ester groups is 1. The fraction of sp³-hybridized carbons (Fsp3) is 0.0714. The molecule has 0 aliphatic rings. The summed E-state index contributed by atoms with van der Waals surface area (Å²) in [4.78, 5) is 0. The van der Waals surface area contributed by atoms with Crippen LogP contribution in [0.15, 0.2) is 121 Å². The summed E-state index contributed by atoms with van der Waals surface area (Å²) >= 11 is 0. The highest BCUT2D eigenvalue weighted by atomic mass is 31.2. The van der Waals surface area contributed by atoms with Gasteiger partial charge in [-0.15, -0.1) is 0 Å². The first kappa shape index (κ1) is 22.4. The average Bonchev–Trinajstić information content (AvgIpc) is 2.86. The summed E-state index contributed by atoms with van der Waals surface area (Å²) in [5.41, 5.74) is 2.66. The van der Waals surface area contributed by atoms with Gasteiger partial charge in [0.1, 0.15) is 17.3 Å². The second-order valence-electron chi connectivity index (χ2n) is 7.24. The Labute approximate surface area is 194 Å². The lowest BCUT2D eigenvalue weighted by atomic mass is 9.99. The topological polar surface area (TPSA) is 44.8 Å². The van der Waals surface area contributed by atoms with Crippen LogP contribution in [0.5, 0.6) is 11.5 Å². The van der Waals surface area contributed by atoms with E-state index in [2.05, 4.69) is 0 Å². The molecule has 0 spiro atoms. The summed E-state index contributed by atoms with van der Waals surface area (Å²) in [6.45, 7) is 2.04. The lowest BCUT2D eigenvalue weighted by Gasteiger charge is -2.23. The van der Waals surface area contributed by atoms with Crippen LogP contribution in [0.1, 0.15) is 24.5 Å². The molecular formula is C28H25O4P. The van der Waals surface area contributed by atoms with Crippen molar-refractivity contribution in [2.45, 2.75) is 13.3 Å². The maximum absolute atomic E-state index is 14.1. The second-order valence-corrected chi connectivity index (χ2v) is 8.68. The molecule has 0 aromatic heterocycles. The van der Waals surface area contributed by atoms with Gasteiger partial charge in [0, 0.05) is 11.1 Å². The van der Waals surface area contributed by atoms with Gasteiger partial charge in [0.25, 0.3) is 0 Å². The van der Waals surface area contributed by atoms with E-state index in [0.717, 1.165) is 16.7 Å². The van der Waals surface area contributed by atoms with Crippen LogP contribution in [0, 0.1) is 0 Å². The van der Waals surface area contributed by atoms with Crippen molar-refractivity contribution in [1.82, 2.24) is 0 Å². The maximum Gasteiger partial charge on any atom is 0.647 e. The molecule has 0 saturated carbocycles. The van der Waals surface area contributed by atoms with E-state index in [0.29, 0.717) is 23.7 Å². The molecule has 0 N–H and O–H groups in total. The molecular weight excluding hydrogens is 431 g/mol. The third-order valence-electron chi connectivity index (χ3n) is 4.91. The smallest absolute Gasteiger partial charge is 0.386 e. The van der Waals surface area contributed by atoms with Crippen molar-refractivity contribution < 1.29 is 18.1 Å². The Hall–Kier alpha value is -3.75. The molecule has 4 aromatic rings. The molecule has 4 nitrogen and oxygen atoms in total. The second kappa shape index (κ2) is 10.7. The van der Waals surface area contributed by atoms with Gasteiger partial charge in [0.15, 0.2) is 0 Å². The van der Waals surface area contributed by atoms with Crippen LogP contribution in [-0.2, 0) is 9.09 Å². The van der Waals surface area contributed by atoms with Crippen LogP contribution in [0.2, 0.25) is 0 Å². The predicted molar refractivity (Wildman–Crippen MR) is 133 cm³/mol. The first-order valence-corrected chi connectivity index (χ1v) is 12.3. The average molecular weight is 456 g/mol. The highest BCUT2D eigenvalue weighted by Gasteiger charge is 2.35. The molecule has 33 heavy (non-hydrogen) atoms. The maximum atomic E-state index is 14.1. The predicted octanol–water partition coefficient (Wildman–Crippen LogP) is 8.25. The number of para-hydroxylation sites is 2. The summed E-state index contributed by atoms with van der Waals surface area (Å²) < 4.78 is 32.0. The van der Waals surface area contributed by atoms with Gasteiger partial charge < -0.3 is 13.6 Å². The molecule has 0 saturated heterocycles. The van der Waals surface area contributed by atoms with Gasteiger partial charge in [-0.1, -0.05) is 104 Å². The van der Waals surface area contributed by atoms with E-state index in [1.54, 1.807) is 48.5 Å². The van der Waals surface area contributed by atoms with Gasteiger partial charge in [-0.25, -0.2) is 0 Å². The molecule has 0 amide bonds. The number of hydrogen-bond donors (Lipinski definition) is 0. The Morgan fingerprint density at radius 3 is 1.42 bits per heavy atom. The Kier molecular flexibility index (Phi) is 7.29. The monoisotopic (exact) mass is 456 g/mol. The quantitative estimate of drug-likeness (QED) is 0.144. The number of hydrogen-bond acceptors (Lipinski definition) is 4. The Morgan fingerprint density at radius 1 is 0.606 bits per heavy atom. The minimum atomic E-state index is -4.13. The SMILES string of the molecule is CC/C(=C(/OP(=O)(Oc1ccccc1)Oc1ccccc1)c1ccccc1)c1ccccc1. The van der Waals surface area contributed by atoms with E-state index < -0.39 is 7.82 Å². The molecule has 0 aliphatic heterocycles. The highest BCUT2D eigenvalue weighted by molar-refractivity contribution is 7.49. The molecule has 0 fully saturated rings. The summed E-state index contributed by atoms with van der Waals surface area (Å²) in [7, 11) is -4.13. The van der Waals surface area contributed by atoms with Gasteiger partial charge in [0.05, 0.1) is 0 Å². The molecule has 4 rings (SSSR count). The van der Waals surface area contributed by atoms with Crippen LogP contribution in [0.25, 0.3) is 11.3 Å². The van der Waals surface area contributed by atoms with Crippen molar-refractivity contribution in [2.24, 2.45) is 0 Å². The standard InChI is InChI=1S/C28H25O4P/c1-2-27(23-15-7-3-8-16-23)28(24-17-9-4-10-18-24)32-33(29,30-25-19-11-5-12-20-25)31-26-21-13-6-14-22-26/h3-22H,2H2,1H3/b28-27-. The zero-order valence-corrected chi connectivity index (χ0v) is 19.2. The van der Waals surface area contributed by atoms with E-state index in [1.807, 2.05) is 79.7 Å². The molecule has 0 unspecified atom stereocenters. The first-order chi connectivity index (χ1) is 16.2. The summed E-state index contributed by atoms with van der Waals surface area (Å²) in [6, 6.07) is 37.3. The van der Waals surface area contributed by atoms with E-state index in [1.165, 1.54) is 0 Å². The van der Waals surface area contributed by atoms with Crippen molar-refractivity contribution >= 4 is 19.2 Å². The lowest BCUT2D eigenvalue weighted by molar-refractivity contribution is 0.284. The van der Waals surface area contributed by atoms with E-state index in [-0.39, 0.29) is 0 Å². The van der Waals surface area contributed by atoms with Crippen LogP contribution in [-0.4, -0.2) is 0 Å². The van der Waals surface area contributed by atoms with Crippen LogP contribution in [0.4, 0.5) is 0 Å². The van der Waals surface area contributed by atoms with Crippen molar-refractivity contribution in [2.75, 3.05) is 0 Å². The number of rotatable bonds is 9. The highest BCUT2D eigenvalue weighted by Crippen LogP contribution is 2.54. The molecule has 5 heteroatoms. The molecule has 0 aliphatic carbocycles. The molecule has 4 aromatic carbocycles. The van der Waals surface area contributed by atoms with Gasteiger partial charge in [-0.05, 0) is 36.2 Å². The number of phosphoric acid groups is 1. The zero-order valence-electron chi connectivity index (χ0n) is 18.3. The van der Waals surface area contributed by atoms with Gasteiger partial charge in [0.2, 0.25) is 0 Å². The third-order valence-corrected chi connectivity index (χ3v) is 6.18. The van der Waals surface area contributed by atoms with Crippen LogP contribution >= 0.6 is 7.82 Å². The Morgan fingerprint density at radius 2 is 1.00 bits per heavy atom. The Balaban J connectivity index is 1.82. The fourth-order valence-corrected chi connectivity index (χ4v) is 4.71. The van der Waals surface area contributed by atoms with Crippen LogP contribution in [0.3, 0.4) is 0 Å². The van der Waals surface area contributed by atoms with Gasteiger partial charge in [-0.2, -0.15) is 4.57 Å². The normalized spacial score (nSPS) is 11.9. The zero-order chi connectivity index (χ0) is 22.9. The molecule has 0 atom stereocenters. The summed E-state index contributed by atoms with van der Waals surface area (Å²) in [6.07, 6.45) is 0.658. The van der Waals surface area contributed by atoms with E-state index >= 15 is 0 Å². The largest absolute Gasteiger partial charge is 0.647 e. The molecule has 166 valence electrons. The van der Waals surface area contributed by atoms with E-state index in [9.17, 15) is 4.57 Å². The Bertz CT molecular complexity index is 1180. The third kappa shape index (κ3) is 5.94. The van der Waals surface area contributed by atoms with Crippen molar-refractivity contribution in [3.8, 4) is 11.5 Å². The summed E-state index contributed by atoms with van der Waals surface area (Å²) in [5, 5.41) is 0.